The minimum absolute atomic E-state index is 0.416. The number of anilines is 2. The molecule has 170 valence electrons. The van der Waals surface area contributed by atoms with Crippen LogP contribution in [0.25, 0.3) is 0 Å². The number of aryl methyl sites for hydroxylation is 1. The van der Waals surface area contributed by atoms with Crippen molar-refractivity contribution in [1.29, 1.82) is 0 Å². The van der Waals surface area contributed by atoms with Gasteiger partial charge >= 0.3 is 0 Å². The molecule has 0 aliphatic heterocycles. The zero-order chi connectivity index (χ0) is 23.5. The van der Waals surface area contributed by atoms with Crippen molar-refractivity contribution < 1.29 is 0 Å². The Labute approximate surface area is 212 Å². The maximum Gasteiger partial charge on any atom is 0.176 e. The smallest absolute Gasteiger partial charge is 0.176 e. The van der Waals surface area contributed by atoms with Crippen LogP contribution in [0.15, 0.2) is 54.7 Å². The minimum Gasteiger partial charge on any atom is -0.329 e. The normalized spacial score (nSPS) is 10.9. The molecule has 0 fully saturated rings. The Balaban J connectivity index is 1.43. The van der Waals surface area contributed by atoms with Gasteiger partial charge in [0.15, 0.2) is 10.9 Å². The van der Waals surface area contributed by atoms with Crippen molar-refractivity contribution in [3.05, 3.63) is 92.3 Å². The van der Waals surface area contributed by atoms with Crippen LogP contribution < -0.4 is 10.6 Å². The van der Waals surface area contributed by atoms with E-state index >= 15 is 0 Å². The maximum absolute atomic E-state index is 6.33. The molecule has 0 radical (unpaired) electrons. The fourth-order valence-electron chi connectivity index (χ4n) is 3.44. The highest BCUT2D eigenvalue weighted by molar-refractivity contribution is 7.80. The summed E-state index contributed by atoms with van der Waals surface area (Å²) in [7, 11) is 0. The number of benzene rings is 2. The molecule has 2 aromatic carbocycles. The van der Waals surface area contributed by atoms with Gasteiger partial charge in [-0.25, -0.2) is 0 Å². The number of hydrogen-bond donors (Lipinski definition) is 2. The van der Waals surface area contributed by atoms with Crippen LogP contribution in [0.5, 0.6) is 0 Å². The summed E-state index contributed by atoms with van der Waals surface area (Å²) in [5.41, 5.74) is 4.36. The van der Waals surface area contributed by atoms with E-state index in [-0.39, 0.29) is 0 Å². The second kappa shape index (κ2) is 10.1. The van der Waals surface area contributed by atoms with Gasteiger partial charge in [0.2, 0.25) is 0 Å². The lowest BCUT2D eigenvalue weighted by atomic mass is 10.2. The average molecular weight is 520 g/mol. The number of halogens is 3. The van der Waals surface area contributed by atoms with Crippen molar-refractivity contribution >= 4 is 63.6 Å². The first-order valence-electron chi connectivity index (χ1n) is 10.1. The first kappa shape index (κ1) is 23.6. The van der Waals surface area contributed by atoms with E-state index in [0.717, 1.165) is 28.2 Å². The van der Waals surface area contributed by atoms with Gasteiger partial charge < -0.3 is 10.6 Å². The van der Waals surface area contributed by atoms with Crippen LogP contribution in [-0.4, -0.2) is 24.7 Å². The highest BCUT2D eigenvalue weighted by atomic mass is 35.5. The van der Waals surface area contributed by atoms with Crippen molar-refractivity contribution in [2.24, 2.45) is 0 Å². The molecule has 2 aromatic heterocycles. The molecule has 0 atom stereocenters. The van der Waals surface area contributed by atoms with E-state index in [1.807, 2.05) is 73.3 Å². The summed E-state index contributed by atoms with van der Waals surface area (Å²) < 4.78 is 3.65. The Hall–Kier alpha value is -2.58. The van der Waals surface area contributed by atoms with Gasteiger partial charge in [-0.05, 0) is 49.8 Å². The third-order valence-electron chi connectivity index (χ3n) is 5.16. The molecule has 0 saturated heterocycles. The molecule has 10 heteroatoms. The number of aromatic nitrogens is 4. The van der Waals surface area contributed by atoms with Gasteiger partial charge in [0.1, 0.15) is 0 Å². The minimum atomic E-state index is 0.416. The molecule has 0 spiro atoms. The second-order valence-corrected chi connectivity index (χ2v) is 9.10. The van der Waals surface area contributed by atoms with E-state index < -0.39 is 0 Å². The zero-order valence-corrected chi connectivity index (χ0v) is 21.0. The zero-order valence-electron chi connectivity index (χ0n) is 17.9. The molecule has 0 unspecified atom stereocenters. The van der Waals surface area contributed by atoms with Crippen LogP contribution in [0.3, 0.4) is 0 Å². The molecule has 0 aliphatic carbocycles. The lowest BCUT2D eigenvalue weighted by Crippen LogP contribution is -2.20. The summed E-state index contributed by atoms with van der Waals surface area (Å²) in [6, 6.07) is 15.0. The molecular weight excluding hydrogens is 499 g/mol. The number of hydrogen-bond acceptors (Lipinski definition) is 3. The molecule has 2 heterocycles. The predicted molar refractivity (Wildman–Crippen MR) is 140 cm³/mol. The van der Waals surface area contributed by atoms with Crippen LogP contribution in [0.2, 0.25) is 15.1 Å². The van der Waals surface area contributed by atoms with Crippen molar-refractivity contribution in [2.75, 3.05) is 10.6 Å². The summed E-state index contributed by atoms with van der Waals surface area (Å²) >= 11 is 24.4. The van der Waals surface area contributed by atoms with E-state index in [9.17, 15) is 0 Å². The van der Waals surface area contributed by atoms with E-state index in [4.69, 9.17) is 47.0 Å². The van der Waals surface area contributed by atoms with E-state index in [2.05, 4.69) is 20.8 Å². The molecule has 0 amide bonds. The van der Waals surface area contributed by atoms with E-state index in [1.54, 1.807) is 4.68 Å². The molecule has 2 N–H and O–H groups in total. The third-order valence-corrected chi connectivity index (χ3v) is 6.44. The van der Waals surface area contributed by atoms with Gasteiger partial charge in [-0.2, -0.15) is 10.2 Å². The third kappa shape index (κ3) is 5.50. The first-order chi connectivity index (χ1) is 15.8. The maximum atomic E-state index is 6.33. The predicted octanol–water partition coefficient (Wildman–Crippen LogP) is 6.56. The van der Waals surface area contributed by atoms with Crippen molar-refractivity contribution in [3.63, 3.8) is 0 Å². The molecule has 6 nitrogen and oxygen atoms in total. The van der Waals surface area contributed by atoms with Crippen LogP contribution in [0.1, 0.15) is 22.5 Å². The van der Waals surface area contributed by atoms with Gasteiger partial charge in [0.25, 0.3) is 0 Å². The van der Waals surface area contributed by atoms with Crippen LogP contribution in [-0.2, 0) is 13.1 Å². The lowest BCUT2D eigenvalue weighted by Gasteiger charge is -2.11. The number of thiocarbonyl (C=S) groups is 1. The molecule has 4 aromatic rings. The Morgan fingerprint density at radius 3 is 2.30 bits per heavy atom. The summed E-state index contributed by atoms with van der Waals surface area (Å²) in [4.78, 5) is 0. The first-order valence-corrected chi connectivity index (χ1v) is 11.7. The SMILES string of the molecule is Cc1nn(Cc2c(Cl)cccc2Cl)c(C)c1NC(=S)Nc1ccn(Cc2ccccc2Cl)n1. The van der Waals surface area contributed by atoms with E-state index in [1.165, 1.54) is 0 Å². The Bertz CT molecular complexity index is 1290. The van der Waals surface area contributed by atoms with Crippen molar-refractivity contribution in [2.45, 2.75) is 26.9 Å². The van der Waals surface area contributed by atoms with Gasteiger partial charge in [-0.15, -0.1) is 0 Å². The summed E-state index contributed by atoms with van der Waals surface area (Å²) in [5, 5.41) is 17.8. The summed E-state index contributed by atoms with van der Waals surface area (Å²) in [6.45, 7) is 4.91. The van der Waals surface area contributed by atoms with Gasteiger partial charge in [0.05, 0.1) is 30.2 Å². The number of nitrogens with zero attached hydrogens (tertiary/aromatic N) is 4. The van der Waals surface area contributed by atoms with Crippen LogP contribution >= 0.6 is 47.0 Å². The Kier molecular flexibility index (Phi) is 7.24. The molecule has 0 bridgehead atoms. The number of rotatable bonds is 6. The van der Waals surface area contributed by atoms with Crippen molar-refractivity contribution in [1.82, 2.24) is 19.6 Å². The van der Waals surface area contributed by atoms with E-state index in [0.29, 0.717) is 39.1 Å². The second-order valence-electron chi connectivity index (χ2n) is 7.47. The van der Waals surface area contributed by atoms with Gasteiger partial charge in [0, 0.05) is 32.9 Å². The van der Waals surface area contributed by atoms with Crippen LogP contribution in [0, 0.1) is 13.8 Å². The van der Waals surface area contributed by atoms with Crippen LogP contribution in [0.4, 0.5) is 11.5 Å². The molecule has 0 aliphatic rings. The van der Waals surface area contributed by atoms with Gasteiger partial charge in [-0.3, -0.25) is 9.36 Å². The summed E-state index contributed by atoms with van der Waals surface area (Å²) in [5.74, 6) is 0.630. The largest absolute Gasteiger partial charge is 0.329 e. The van der Waals surface area contributed by atoms with Crippen molar-refractivity contribution in [3.8, 4) is 0 Å². The molecule has 33 heavy (non-hydrogen) atoms. The highest BCUT2D eigenvalue weighted by Gasteiger charge is 2.16. The monoisotopic (exact) mass is 518 g/mol. The highest BCUT2D eigenvalue weighted by Crippen LogP contribution is 2.27. The lowest BCUT2D eigenvalue weighted by molar-refractivity contribution is 0.659. The summed E-state index contributed by atoms with van der Waals surface area (Å²) in [6.07, 6.45) is 1.87. The quantitative estimate of drug-likeness (QED) is 0.282. The molecule has 0 saturated carbocycles. The van der Waals surface area contributed by atoms with Gasteiger partial charge in [-0.1, -0.05) is 59.1 Å². The number of nitrogens with one attached hydrogen (secondary N) is 2. The molecule has 4 rings (SSSR count). The topological polar surface area (TPSA) is 59.7 Å². The Morgan fingerprint density at radius 2 is 1.58 bits per heavy atom. The molecular formula is C23H21Cl3N6S. The average Bonchev–Trinajstić information content (AvgIpc) is 3.31. The fourth-order valence-corrected chi connectivity index (χ4v) is 4.36. The Morgan fingerprint density at radius 1 is 0.879 bits per heavy atom. The fraction of sp³-hybridized carbons (Fsp3) is 0.174. The standard InChI is InChI=1S/C23H21Cl3N6S/c1-14-22(15(2)32(29-14)13-17-19(25)8-5-9-20(17)26)28-23(33)27-21-10-11-31(30-21)12-16-6-3-4-7-18(16)24/h3-11H,12-13H2,1-2H3,(H2,27,28,30,33).